The van der Waals surface area contributed by atoms with Gasteiger partial charge in [-0.05, 0) is 43.9 Å². The van der Waals surface area contributed by atoms with E-state index in [9.17, 15) is 14.7 Å². The molecule has 4 nitrogen and oxygen atoms in total. The van der Waals surface area contributed by atoms with Crippen molar-refractivity contribution in [2.24, 2.45) is 23.7 Å². The number of aliphatic carboxylic acids is 1. The largest absolute Gasteiger partial charge is 0.481 e. The van der Waals surface area contributed by atoms with Crippen molar-refractivity contribution in [1.82, 2.24) is 4.90 Å². The van der Waals surface area contributed by atoms with Crippen LogP contribution in [0.4, 0.5) is 0 Å². The molecule has 4 fully saturated rings. The molecule has 2 aliphatic carbocycles. The molecule has 5 unspecified atom stereocenters. The third-order valence-corrected chi connectivity index (χ3v) is 5.80. The summed E-state index contributed by atoms with van der Waals surface area (Å²) in [6, 6.07) is 0.228. The minimum Gasteiger partial charge on any atom is -0.481 e. The lowest BCUT2D eigenvalue weighted by molar-refractivity contribution is -0.143. The van der Waals surface area contributed by atoms with Gasteiger partial charge in [0.05, 0.1) is 5.92 Å². The van der Waals surface area contributed by atoms with E-state index in [4.69, 9.17) is 0 Å². The summed E-state index contributed by atoms with van der Waals surface area (Å²) in [5.41, 5.74) is 0. The summed E-state index contributed by atoms with van der Waals surface area (Å²) in [5.74, 6) is 0.819. The van der Waals surface area contributed by atoms with Crippen LogP contribution in [0.15, 0.2) is 0 Å². The van der Waals surface area contributed by atoms with Gasteiger partial charge in [-0.15, -0.1) is 0 Å². The highest BCUT2D eigenvalue weighted by Gasteiger charge is 2.61. The van der Waals surface area contributed by atoms with Crippen molar-refractivity contribution >= 4 is 11.9 Å². The van der Waals surface area contributed by atoms with Crippen LogP contribution in [0.5, 0.6) is 0 Å². The van der Waals surface area contributed by atoms with Crippen LogP contribution in [-0.2, 0) is 9.59 Å². The van der Waals surface area contributed by atoms with Gasteiger partial charge in [0.25, 0.3) is 0 Å². The van der Waals surface area contributed by atoms with Gasteiger partial charge >= 0.3 is 5.97 Å². The maximum atomic E-state index is 12.6. The fraction of sp³-hybridized carbons (Fsp3) is 0.857. The van der Waals surface area contributed by atoms with E-state index in [0.29, 0.717) is 24.2 Å². The highest BCUT2D eigenvalue weighted by molar-refractivity contribution is 5.85. The molecule has 0 aromatic rings. The number of carbonyl (C=O) groups is 2. The fourth-order valence-electron chi connectivity index (χ4n) is 4.96. The van der Waals surface area contributed by atoms with Gasteiger partial charge in [0.1, 0.15) is 0 Å². The van der Waals surface area contributed by atoms with Crippen LogP contribution >= 0.6 is 0 Å². The highest BCUT2D eigenvalue weighted by Crippen LogP contribution is 2.59. The Kier molecular flexibility index (Phi) is 2.10. The van der Waals surface area contributed by atoms with Crippen molar-refractivity contribution in [1.29, 1.82) is 0 Å². The molecule has 2 aliphatic heterocycles. The quantitative estimate of drug-likeness (QED) is 0.806. The first kappa shape index (κ1) is 10.8. The summed E-state index contributed by atoms with van der Waals surface area (Å²) in [4.78, 5) is 25.8. The summed E-state index contributed by atoms with van der Waals surface area (Å²) in [5, 5.41) is 9.21. The summed E-state index contributed by atoms with van der Waals surface area (Å²) >= 11 is 0. The summed E-state index contributed by atoms with van der Waals surface area (Å²) < 4.78 is 0. The molecular weight excluding hydrogens is 230 g/mol. The lowest BCUT2D eigenvalue weighted by atomic mass is 9.89. The smallest absolute Gasteiger partial charge is 0.308 e. The minimum absolute atomic E-state index is 0.00123. The van der Waals surface area contributed by atoms with Crippen LogP contribution in [0.1, 0.15) is 38.5 Å². The second kappa shape index (κ2) is 3.49. The normalized spacial score (nSPS) is 48.3. The van der Waals surface area contributed by atoms with E-state index in [-0.39, 0.29) is 23.9 Å². The monoisotopic (exact) mass is 249 g/mol. The Labute approximate surface area is 106 Å². The third-order valence-electron chi connectivity index (χ3n) is 5.80. The Morgan fingerprint density at radius 2 is 1.78 bits per heavy atom. The maximum Gasteiger partial charge on any atom is 0.308 e. The molecule has 1 amide bonds. The molecule has 4 aliphatic rings. The van der Waals surface area contributed by atoms with Crippen molar-refractivity contribution in [3.63, 3.8) is 0 Å². The molecule has 0 aromatic heterocycles. The molecule has 2 saturated heterocycles. The van der Waals surface area contributed by atoms with Gasteiger partial charge in [-0.3, -0.25) is 9.59 Å². The molecule has 0 radical (unpaired) electrons. The first-order valence-corrected chi connectivity index (χ1v) is 7.23. The van der Waals surface area contributed by atoms with E-state index in [1.165, 1.54) is 19.3 Å². The number of fused-ring (bicyclic) bond motifs is 3. The van der Waals surface area contributed by atoms with Gasteiger partial charge in [-0.2, -0.15) is 0 Å². The van der Waals surface area contributed by atoms with E-state index in [1.54, 1.807) is 0 Å². The number of carbonyl (C=O) groups excluding carboxylic acids is 1. The van der Waals surface area contributed by atoms with Crippen LogP contribution in [0.25, 0.3) is 0 Å². The van der Waals surface area contributed by atoms with Crippen molar-refractivity contribution in [2.45, 2.75) is 50.6 Å². The Morgan fingerprint density at radius 1 is 1.06 bits per heavy atom. The average molecular weight is 249 g/mol. The number of rotatable bonds is 2. The van der Waals surface area contributed by atoms with Gasteiger partial charge in [0.2, 0.25) is 5.91 Å². The standard InChI is InChI=1S/C14H19NO3/c16-13(12-8-2-1-3-9(8)12)15-7-4-5-11(15)10(6-7)14(17)18/h7-12H,1-6H2,(H,17,18). The van der Waals surface area contributed by atoms with E-state index < -0.39 is 5.97 Å². The van der Waals surface area contributed by atoms with E-state index in [1.807, 2.05) is 4.90 Å². The molecule has 0 aromatic carbocycles. The maximum absolute atomic E-state index is 12.6. The molecule has 2 saturated carbocycles. The molecule has 2 bridgehead atoms. The van der Waals surface area contributed by atoms with Crippen LogP contribution in [0.2, 0.25) is 0 Å². The number of hydrogen-bond donors (Lipinski definition) is 1. The summed E-state index contributed by atoms with van der Waals surface area (Å²) in [6.07, 6.45) is 6.31. The molecule has 4 rings (SSSR count). The Morgan fingerprint density at radius 3 is 2.39 bits per heavy atom. The predicted octanol–water partition coefficient (Wildman–Crippen LogP) is 1.50. The first-order chi connectivity index (χ1) is 8.68. The Bertz CT molecular complexity index is 411. The first-order valence-electron chi connectivity index (χ1n) is 7.23. The van der Waals surface area contributed by atoms with Gasteiger partial charge in [-0.25, -0.2) is 0 Å². The van der Waals surface area contributed by atoms with Gasteiger partial charge in [-0.1, -0.05) is 6.42 Å². The van der Waals surface area contributed by atoms with Crippen LogP contribution in [-0.4, -0.2) is 34.0 Å². The Balaban J connectivity index is 1.52. The SMILES string of the molecule is O=C(O)C1CC2CCC1N2C(=O)C1C2CCCC21. The average Bonchev–Trinajstić information content (AvgIpc) is 2.81. The second-order valence-electron chi connectivity index (χ2n) is 6.51. The molecule has 18 heavy (non-hydrogen) atoms. The van der Waals surface area contributed by atoms with E-state index in [0.717, 1.165) is 12.8 Å². The number of carboxylic acid groups (broad SMARTS) is 1. The Hall–Kier alpha value is -1.06. The highest BCUT2D eigenvalue weighted by atomic mass is 16.4. The van der Waals surface area contributed by atoms with Gasteiger partial charge < -0.3 is 10.0 Å². The third kappa shape index (κ3) is 1.26. The molecular formula is C14H19NO3. The topological polar surface area (TPSA) is 57.6 Å². The zero-order valence-electron chi connectivity index (χ0n) is 10.4. The molecule has 98 valence electrons. The van der Waals surface area contributed by atoms with Gasteiger partial charge in [0, 0.05) is 18.0 Å². The lowest BCUT2D eigenvalue weighted by Gasteiger charge is -2.24. The van der Waals surface area contributed by atoms with Crippen LogP contribution in [0.3, 0.4) is 0 Å². The van der Waals surface area contributed by atoms with E-state index >= 15 is 0 Å². The molecule has 1 N–H and O–H groups in total. The zero-order chi connectivity index (χ0) is 12.4. The van der Waals surface area contributed by atoms with Crippen molar-refractivity contribution in [2.75, 3.05) is 0 Å². The summed E-state index contributed by atoms with van der Waals surface area (Å²) in [6.45, 7) is 0. The predicted molar refractivity (Wildman–Crippen MR) is 63.7 cm³/mol. The van der Waals surface area contributed by atoms with E-state index in [2.05, 4.69) is 0 Å². The summed E-state index contributed by atoms with van der Waals surface area (Å²) in [7, 11) is 0. The molecule has 5 atom stereocenters. The lowest BCUT2D eigenvalue weighted by Crippen LogP contribution is -2.39. The molecule has 0 spiro atoms. The molecule has 4 heteroatoms. The number of hydrogen-bond acceptors (Lipinski definition) is 2. The van der Waals surface area contributed by atoms with Gasteiger partial charge in [0.15, 0.2) is 0 Å². The molecule has 2 heterocycles. The zero-order valence-corrected chi connectivity index (χ0v) is 10.4. The number of amides is 1. The minimum atomic E-state index is -0.712. The number of carboxylic acids is 1. The van der Waals surface area contributed by atoms with Crippen molar-refractivity contribution in [3.8, 4) is 0 Å². The second-order valence-corrected chi connectivity index (χ2v) is 6.51. The van der Waals surface area contributed by atoms with Crippen LogP contribution in [0, 0.1) is 23.7 Å². The number of nitrogens with zero attached hydrogens (tertiary/aromatic N) is 1. The van der Waals surface area contributed by atoms with Crippen molar-refractivity contribution < 1.29 is 14.7 Å². The fourth-order valence-corrected chi connectivity index (χ4v) is 4.96. The van der Waals surface area contributed by atoms with Crippen molar-refractivity contribution in [3.05, 3.63) is 0 Å². The van der Waals surface area contributed by atoms with Crippen LogP contribution < -0.4 is 0 Å².